The Balaban J connectivity index is 2.03. The molecular formula is C22H18BrN5O. The highest BCUT2D eigenvalue weighted by atomic mass is 79.9. The quantitative estimate of drug-likeness (QED) is 0.597. The van der Waals surface area contributed by atoms with Gasteiger partial charge in [0, 0.05) is 11.6 Å². The maximum atomic E-state index is 12.5. The normalized spacial score (nSPS) is 11.4. The summed E-state index contributed by atoms with van der Waals surface area (Å²) in [6.07, 6.45) is 0. The number of anilines is 2. The van der Waals surface area contributed by atoms with Crippen molar-refractivity contribution in [3.63, 3.8) is 0 Å². The molecule has 6 nitrogen and oxygen atoms in total. The van der Waals surface area contributed by atoms with Crippen molar-refractivity contribution in [1.82, 2.24) is 9.97 Å². The highest BCUT2D eigenvalue weighted by Gasteiger charge is 2.21. The van der Waals surface area contributed by atoms with Gasteiger partial charge >= 0.3 is 0 Å². The van der Waals surface area contributed by atoms with E-state index in [-0.39, 0.29) is 11.5 Å². The number of aromatic amines is 1. The van der Waals surface area contributed by atoms with E-state index in [9.17, 15) is 10.1 Å². The van der Waals surface area contributed by atoms with E-state index in [4.69, 9.17) is 5.26 Å². The monoisotopic (exact) mass is 447 g/mol. The molecule has 0 saturated carbocycles. The zero-order chi connectivity index (χ0) is 21.1. The Kier molecular flexibility index (Phi) is 5.81. The van der Waals surface area contributed by atoms with Crippen LogP contribution in [-0.4, -0.2) is 9.97 Å². The van der Waals surface area contributed by atoms with Crippen molar-refractivity contribution >= 4 is 27.6 Å². The van der Waals surface area contributed by atoms with Gasteiger partial charge in [0.15, 0.2) is 0 Å². The zero-order valence-electron chi connectivity index (χ0n) is 16.2. The number of hydrogen-bond donors (Lipinski definition) is 2. The van der Waals surface area contributed by atoms with Crippen molar-refractivity contribution in [2.24, 2.45) is 0 Å². The van der Waals surface area contributed by atoms with Crippen LogP contribution in [0.25, 0.3) is 0 Å². The van der Waals surface area contributed by atoms with E-state index >= 15 is 0 Å². The minimum absolute atomic E-state index is 0.166. The van der Waals surface area contributed by atoms with Crippen LogP contribution in [0.3, 0.4) is 0 Å². The summed E-state index contributed by atoms with van der Waals surface area (Å²) in [6.45, 7) is 5.90. The fraction of sp³-hybridized carbons (Fsp3) is 0.182. The van der Waals surface area contributed by atoms with Crippen LogP contribution in [0.15, 0.2) is 45.7 Å². The highest BCUT2D eigenvalue weighted by molar-refractivity contribution is 9.10. The summed E-state index contributed by atoms with van der Waals surface area (Å²) in [4.78, 5) is 19.8. The molecule has 3 rings (SSSR count). The fourth-order valence-electron chi connectivity index (χ4n) is 3.45. The number of hydrogen-bond acceptors (Lipinski definition) is 5. The first kappa shape index (κ1) is 20.3. The average molecular weight is 448 g/mol. The lowest BCUT2D eigenvalue weighted by Gasteiger charge is -2.19. The summed E-state index contributed by atoms with van der Waals surface area (Å²) in [5.41, 5.74) is 5.16. The van der Waals surface area contributed by atoms with E-state index in [2.05, 4.69) is 43.4 Å². The summed E-state index contributed by atoms with van der Waals surface area (Å²) < 4.78 is 0.374. The molecule has 0 bridgehead atoms. The first-order chi connectivity index (χ1) is 13.8. The minimum Gasteiger partial charge on any atom is -0.326 e. The van der Waals surface area contributed by atoms with Crippen LogP contribution in [0.4, 0.5) is 11.6 Å². The highest BCUT2D eigenvalue weighted by Crippen LogP contribution is 2.32. The van der Waals surface area contributed by atoms with Crippen molar-refractivity contribution in [2.75, 3.05) is 5.32 Å². The van der Waals surface area contributed by atoms with Crippen LogP contribution in [0, 0.1) is 36.5 Å². The minimum atomic E-state index is -0.290. The summed E-state index contributed by atoms with van der Waals surface area (Å²) in [5.74, 6) is 0.148. The Labute approximate surface area is 177 Å². The van der Waals surface area contributed by atoms with E-state index in [0.717, 1.165) is 16.7 Å². The topological polar surface area (TPSA) is 105 Å². The van der Waals surface area contributed by atoms with Gasteiger partial charge in [0.25, 0.3) is 5.56 Å². The second-order valence-corrected chi connectivity index (χ2v) is 7.58. The number of aromatic nitrogens is 2. The van der Waals surface area contributed by atoms with Gasteiger partial charge in [-0.15, -0.1) is 0 Å². The van der Waals surface area contributed by atoms with Crippen molar-refractivity contribution in [3.8, 4) is 12.1 Å². The molecule has 144 valence electrons. The predicted molar refractivity (Wildman–Crippen MR) is 115 cm³/mol. The number of benzene rings is 2. The molecule has 2 N–H and O–H groups in total. The molecule has 0 aliphatic heterocycles. The number of rotatable bonds is 4. The van der Waals surface area contributed by atoms with Crippen molar-refractivity contribution in [2.45, 2.75) is 26.7 Å². The van der Waals surface area contributed by atoms with Gasteiger partial charge in [0.2, 0.25) is 5.95 Å². The van der Waals surface area contributed by atoms with Crippen molar-refractivity contribution in [3.05, 3.63) is 84.7 Å². The number of nitrogens with one attached hydrogen (secondary N) is 2. The molecule has 0 radical (unpaired) electrons. The van der Waals surface area contributed by atoms with E-state index in [0.29, 0.717) is 32.9 Å². The molecule has 1 heterocycles. The Morgan fingerprint density at radius 3 is 2.21 bits per heavy atom. The summed E-state index contributed by atoms with van der Waals surface area (Å²) >= 11 is 3.37. The SMILES string of the molecule is Cc1cc(C#N)cc(C)c1C(C)c1nc(Nc2ccc(C#N)cc2)[nH]c(=O)c1Br. The molecule has 0 amide bonds. The largest absolute Gasteiger partial charge is 0.326 e. The predicted octanol–water partition coefficient (Wildman–Crippen LogP) is 4.79. The van der Waals surface area contributed by atoms with Crippen LogP contribution in [0.1, 0.15) is 46.4 Å². The lowest BCUT2D eigenvalue weighted by atomic mass is 9.88. The van der Waals surface area contributed by atoms with Crippen molar-refractivity contribution < 1.29 is 0 Å². The zero-order valence-corrected chi connectivity index (χ0v) is 17.8. The Bertz CT molecular complexity index is 1190. The van der Waals surface area contributed by atoms with Gasteiger partial charge in [0.1, 0.15) is 4.47 Å². The Morgan fingerprint density at radius 2 is 1.66 bits per heavy atom. The third-order valence-electron chi connectivity index (χ3n) is 4.73. The molecule has 1 atom stereocenters. The van der Waals surface area contributed by atoms with E-state index in [1.165, 1.54) is 0 Å². The van der Waals surface area contributed by atoms with E-state index in [1.807, 2.05) is 32.9 Å². The number of halogens is 1. The molecule has 0 saturated heterocycles. The standard InChI is InChI=1S/C22H18BrN5O/c1-12-8-16(11-25)9-13(2)18(12)14(3)20-19(23)21(29)28-22(27-20)26-17-6-4-15(10-24)5-7-17/h4-9,14H,1-3H3,(H2,26,27,28,29). The molecular weight excluding hydrogens is 430 g/mol. The van der Waals surface area contributed by atoms with Crippen LogP contribution in [0.5, 0.6) is 0 Å². The van der Waals surface area contributed by atoms with Gasteiger partial charge in [0.05, 0.1) is 29.0 Å². The molecule has 2 aromatic carbocycles. The van der Waals surface area contributed by atoms with E-state index < -0.39 is 0 Å². The lowest BCUT2D eigenvalue weighted by Crippen LogP contribution is -2.17. The smallest absolute Gasteiger partial charge is 0.266 e. The Morgan fingerprint density at radius 1 is 1.07 bits per heavy atom. The molecule has 1 aromatic heterocycles. The van der Waals surface area contributed by atoms with Gasteiger partial charge in [-0.1, -0.05) is 6.92 Å². The third-order valence-corrected chi connectivity index (χ3v) is 5.50. The summed E-state index contributed by atoms with van der Waals surface area (Å²) in [5, 5.41) is 21.2. The van der Waals surface area contributed by atoms with Crippen molar-refractivity contribution in [1.29, 1.82) is 10.5 Å². The van der Waals surface area contributed by atoms with Crippen LogP contribution in [0.2, 0.25) is 0 Å². The maximum Gasteiger partial charge on any atom is 0.266 e. The van der Waals surface area contributed by atoms with E-state index in [1.54, 1.807) is 24.3 Å². The first-order valence-corrected chi connectivity index (χ1v) is 9.71. The van der Waals surface area contributed by atoms with Gasteiger partial charge in [-0.2, -0.15) is 10.5 Å². The molecule has 0 aliphatic rings. The van der Waals surface area contributed by atoms with Gasteiger partial charge in [-0.25, -0.2) is 4.98 Å². The number of nitrogens with zero attached hydrogens (tertiary/aromatic N) is 3. The van der Waals surface area contributed by atoms with Gasteiger partial charge < -0.3 is 5.32 Å². The average Bonchev–Trinajstić information content (AvgIpc) is 2.70. The maximum absolute atomic E-state index is 12.5. The van der Waals surface area contributed by atoms with Crippen LogP contribution < -0.4 is 10.9 Å². The number of aryl methyl sites for hydroxylation is 2. The Hall–Kier alpha value is -3.42. The second kappa shape index (κ2) is 8.30. The molecule has 3 aromatic rings. The summed E-state index contributed by atoms with van der Waals surface area (Å²) in [7, 11) is 0. The van der Waals surface area contributed by atoms with Crippen LogP contribution >= 0.6 is 15.9 Å². The molecule has 0 fully saturated rings. The molecule has 7 heteroatoms. The number of nitriles is 2. The molecule has 0 aliphatic carbocycles. The molecule has 29 heavy (non-hydrogen) atoms. The molecule has 1 unspecified atom stereocenters. The van der Waals surface area contributed by atoms with Gasteiger partial charge in [-0.05, 0) is 82.9 Å². The third kappa shape index (κ3) is 4.21. The first-order valence-electron chi connectivity index (χ1n) is 8.92. The number of H-pyrrole nitrogens is 1. The second-order valence-electron chi connectivity index (χ2n) is 6.79. The van der Waals surface area contributed by atoms with Crippen LogP contribution in [-0.2, 0) is 0 Å². The van der Waals surface area contributed by atoms with Gasteiger partial charge in [-0.3, -0.25) is 9.78 Å². The lowest BCUT2D eigenvalue weighted by molar-refractivity contribution is 0.831. The fourth-order valence-corrected chi connectivity index (χ4v) is 3.98. The summed E-state index contributed by atoms with van der Waals surface area (Å²) in [6, 6.07) is 14.8. The molecule has 0 spiro atoms.